The highest BCUT2D eigenvalue weighted by atomic mass is 31.2. The summed E-state index contributed by atoms with van der Waals surface area (Å²) in [5.74, 6) is -1.85. The number of hydrogen-bond donors (Lipinski definition) is 3. The highest BCUT2D eigenvalue weighted by molar-refractivity contribution is 7.51. The van der Waals surface area contributed by atoms with Crippen molar-refractivity contribution < 1.29 is 89.7 Å². The first-order valence-electron chi connectivity index (χ1n) is 29.5. The van der Waals surface area contributed by atoms with Crippen molar-refractivity contribution in [1.29, 1.82) is 0 Å². The highest BCUT2D eigenvalue weighted by Crippen LogP contribution is 2.57. The summed E-state index contributed by atoms with van der Waals surface area (Å²) in [6, 6.07) is 31.3. The largest absolute Gasteiger partial charge is 0.497 e. The maximum Gasteiger partial charge on any atom is 0.409 e. The van der Waals surface area contributed by atoms with Crippen LogP contribution in [0.1, 0.15) is 84.7 Å². The highest BCUT2D eigenvalue weighted by Gasteiger charge is 2.52. The van der Waals surface area contributed by atoms with Crippen LogP contribution in [0.3, 0.4) is 0 Å². The first-order chi connectivity index (χ1) is 43.6. The summed E-state index contributed by atoms with van der Waals surface area (Å²) < 4.78 is 98.0. The second-order valence-corrected chi connectivity index (χ2v) is 23.7. The molecule has 0 spiro atoms. The monoisotopic (exact) mass is 1280 g/mol. The van der Waals surface area contributed by atoms with Gasteiger partial charge < -0.3 is 57.4 Å². The number of ether oxygens (including phenoxy) is 11. The topological polar surface area (TPSA) is 313 Å². The third-order valence-corrected chi connectivity index (χ3v) is 17.1. The van der Waals surface area contributed by atoms with Crippen molar-refractivity contribution in [3.63, 3.8) is 0 Å². The van der Waals surface area contributed by atoms with Gasteiger partial charge in [0.05, 0.1) is 53.6 Å². The quantitative estimate of drug-likeness (QED) is 0.0133. The van der Waals surface area contributed by atoms with E-state index in [4.69, 9.17) is 61.2 Å². The number of benzene rings is 4. The van der Waals surface area contributed by atoms with Crippen LogP contribution in [0.5, 0.6) is 17.2 Å². The molecule has 2 amide bonds. The lowest BCUT2D eigenvalue weighted by Gasteiger charge is -2.44. The summed E-state index contributed by atoms with van der Waals surface area (Å²) in [5, 5.41) is 5.26. The molecule has 27 nitrogen and oxygen atoms in total. The average Bonchev–Trinajstić information content (AvgIpc) is 1.68. The molecule has 3 N–H and O–H groups in total. The number of nitrogens with zero attached hydrogens (tertiary/aromatic N) is 4. The minimum Gasteiger partial charge on any atom is -0.497 e. The van der Waals surface area contributed by atoms with Gasteiger partial charge in [0.25, 0.3) is 11.5 Å². The summed E-state index contributed by atoms with van der Waals surface area (Å²) in [6.45, 7) is 10.3. The standard InChI is InChI=1S/C63H78N7O20P/c1-38(2)70(39(3)4)91(77,85-32-30-80-29-31-81-61-55(65-40(5)71)58(87-43(8)74)57(86-42(7)73)52(89-61)34-82-41(6)72)90-50-33-54(69-37-64-56-59(69)67-62(68-60(56)76)66-53(75)36-83-49-19-15-12-16-20-49)88-51(50)35-84-63(44-17-13-11-14-18-44,45-21-25-47(78-9)26-22-45)46-23-27-48(79-10)28-24-46/h11-28,37-39,50-52,54-55,57-58,61H,29-36H2,1-10H3,(H,65,71)(H2,66,67,68,75,76)/t50-,51+,52+,54+,55+,57-,58+,61+,91?/m0/s1. The van der Waals surface area contributed by atoms with Crippen molar-refractivity contribution >= 4 is 54.6 Å². The Bertz CT molecular complexity index is 3450. The number of para-hydroxylation sites is 1. The fourth-order valence-corrected chi connectivity index (χ4v) is 13.2. The number of aromatic nitrogens is 4. The summed E-state index contributed by atoms with van der Waals surface area (Å²) in [6.07, 6.45) is -6.98. The lowest BCUT2D eigenvalue weighted by molar-refractivity contribution is -0.279. The molecule has 490 valence electrons. The lowest BCUT2D eigenvalue weighted by Crippen LogP contribution is -2.66. The molecule has 0 bridgehead atoms. The summed E-state index contributed by atoms with van der Waals surface area (Å²) in [4.78, 5) is 87.5. The van der Waals surface area contributed by atoms with Gasteiger partial charge in [-0.05, 0) is 80.8 Å². The molecule has 0 radical (unpaired) electrons. The fourth-order valence-electron chi connectivity index (χ4n) is 10.9. The Hall–Kier alpha value is -8.11. The Morgan fingerprint density at radius 1 is 0.725 bits per heavy atom. The second-order valence-electron chi connectivity index (χ2n) is 21.8. The smallest absolute Gasteiger partial charge is 0.409 e. The number of H-pyrrole nitrogens is 1. The molecule has 6 aromatic rings. The Labute approximate surface area is 526 Å². The van der Waals surface area contributed by atoms with Crippen LogP contribution in [-0.2, 0) is 81.1 Å². The molecule has 0 saturated carbocycles. The maximum absolute atomic E-state index is 16.0. The molecule has 8 rings (SSSR count). The van der Waals surface area contributed by atoms with Gasteiger partial charge in [-0.15, -0.1) is 0 Å². The summed E-state index contributed by atoms with van der Waals surface area (Å²) >= 11 is 0. The number of amides is 2. The maximum atomic E-state index is 16.0. The number of nitrogens with one attached hydrogen (secondary N) is 3. The Kier molecular flexibility index (Phi) is 24.0. The molecular weight excluding hydrogens is 1210 g/mol. The number of rotatable bonds is 31. The predicted octanol–water partition coefficient (Wildman–Crippen LogP) is 6.77. The van der Waals surface area contributed by atoms with E-state index in [1.807, 2.05) is 113 Å². The third-order valence-electron chi connectivity index (χ3n) is 14.6. The molecule has 2 aliphatic rings. The van der Waals surface area contributed by atoms with E-state index in [0.717, 1.165) is 30.5 Å². The number of aromatic amines is 1. The number of carbonyl (C=O) groups excluding carboxylic acids is 5. The van der Waals surface area contributed by atoms with E-state index >= 15 is 4.57 Å². The molecule has 2 aromatic heterocycles. The van der Waals surface area contributed by atoms with Crippen molar-refractivity contribution in [3.05, 3.63) is 143 Å². The van der Waals surface area contributed by atoms with Gasteiger partial charge in [0.2, 0.25) is 11.9 Å². The van der Waals surface area contributed by atoms with Gasteiger partial charge in [-0.3, -0.25) is 52.7 Å². The molecule has 9 atom stereocenters. The van der Waals surface area contributed by atoms with Crippen LogP contribution >= 0.6 is 7.75 Å². The Balaban J connectivity index is 1.08. The Morgan fingerprint density at radius 2 is 1.32 bits per heavy atom. The lowest BCUT2D eigenvalue weighted by atomic mass is 9.80. The van der Waals surface area contributed by atoms with E-state index < -0.39 is 116 Å². The number of fused-ring (bicyclic) bond motifs is 1. The molecule has 0 aliphatic carbocycles. The zero-order valence-electron chi connectivity index (χ0n) is 52.3. The van der Waals surface area contributed by atoms with Crippen LogP contribution in [0.15, 0.2) is 120 Å². The van der Waals surface area contributed by atoms with E-state index in [1.165, 1.54) is 24.7 Å². The number of anilines is 1. The Morgan fingerprint density at radius 3 is 1.90 bits per heavy atom. The summed E-state index contributed by atoms with van der Waals surface area (Å²) in [7, 11) is -1.27. The van der Waals surface area contributed by atoms with Gasteiger partial charge in [0, 0.05) is 46.2 Å². The van der Waals surface area contributed by atoms with Crippen LogP contribution in [-0.4, -0.2) is 169 Å². The van der Waals surface area contributed by atoms with Crippen LogP contribution in [0, 0.1) is 0 Å². The van der Waals surface area contributed by atoms with Crippen LogP contribution < -0.4 is 30.4 Å². The van der Waals surface area contributed by atoms with Crippen LogP contribution in [0.25, 0.3) is 11.2 Å². The van der Waals surface area contributed by atoms with Crippen molar-refractivity contribution in [3.8, 4) is 17.2 Å². The first-order valence-corrected chi connectivity index (χ1v) is 31.0. The molecule has 1 unspecified atom stereocenters. The van der Waals surface area contributed by atoms with Crippen LogP contribution in [0.4, 0.5) is 5.95 Å². The van der Waals surface area contributed by atoms with E-state index in [9.17, 15) is 28.8 Å². The summed E-state index contributed by atoms with van der Waals surface area (Å²) in [5.41, 5.74) is 0.170. The van der Waals surface area contributed by atoms with Crippen LogP contribution in [0.2, 0.25) is 0 Å². The predicted molar refractivity (Wildman–Crippen MR) is 327 cm³/mol. The zero-order chi connectivity index (χ0) is 65.4. The normalized spacial score (nSPS) is 20.6. The minimum atomic E-state index is -4.42. The number of carbonyl (C=O) groups is 5. The molecule has 2 saturated heterocycles. The molecule has 4 aromatic carbocycles. The van der Waals surface area contributed by atoms with E-state index in [1.54, 1.807) is 43.2 Å². The van der Waals surface area contributed by atoms with Crippen molar-refractivity contribution in [1.82, 2.24) is 29.5 Å². The van der Waals surface area contributed by atoms with Crippen molar-refractivity contribution in [2.45, 2.75) is 129 Å². The van der Waals surface area contributed by atoms with Gasteiger partial charge in [-0.1, -0.05) is 72.8 Å². The number of esters is 3. The van der Waals surface area contributed by atoms with E-state index in [-0.39, 0.29) is 63.2 Å². The number of methoxy groups -OCH3 is 2. The van der Waals surface area contributed by atoms with Gasteiger partial charge in [0.15, 0.2) is 36.3 Å². The molecule has 2 aliphatic heterocycles. The number of imidazole rings is 1. The fraction of sp³-hybridized carbons (Fsp3) is 0.460. The number of hydrogen-bond acceptors (Lipinski definition) is 22. The van der Waals surface area contributed by atoms with E-state index in [0.29, 0.717) is 17.2 Å². The molecule has 28 heteroatoms. The SMILES string of the molecule is COc1ccc(C(OC[C@H]2O[C@@H](n3cnc4c(=O)[nH]c(NC(=O)COc5ccccc5)nc43)C[C@@H]2OP(=O)(OCCOCCO[C@@H]2O[C@H](COC(C)=O)[C@H](OC(C)=O)[C@H](OC(C)=O)[C@H]2NC(C)=O)N(C(C)C)C(C)C)(c2ccccc2)c2ccc(OC)cc2)cc1. The second kappa shape index (κ2) is 31.8. The molecular formula is C63H78N7O20P. The van der Waals surface area contributed by atoms with E-state index in [2.05, 4.69) is 25.6 Å². The van der Waals surface area contributed by atoms with Crippen molar-refractivity contribution in [2.24, 2.45) is 0 Å². The minimum absolute atomic E-state index is 0.0282. The average molecular weight is 1280 g/mol. The molecule has 2 fully saturated rings. The first kappa shape index (κ1) is 68.8. The third kappa shape index (κ3) is 17.5. The van der Waals surface area contributed by atoms with Gasteiger partial charge >= 0.3 is 25.7 Å². The van der Waals surface area contributed by atoms with Gasteiger partial charge in [-0.2, -0.15) is 4.98 Å². The van der Waals surface area contributed by atoms with Crippen molar-refractivity contribution in [2.75, 3.05) is 65.8 Å². The zero-order valence-corrected chi connectivity index (χ0v) is 53.2. The molecule has 91 heavy (non-hydrogen) atoms. The van der Waals surface area contributed by atoms with Gasteiger partial charge in [-0.25, -0.2) is 14.2 Å². The van der Waals surface area contributed by atoms with Gasteiger partial charge in [0.1, 0.15) is 60.0 Å². The molecule has 4 heterocycles.